The summed E-state index contributed by atoms with van der Waals surface area (Å²) in [5.74, 6) is -4.12. The normalized spacial score (nSPS) is 18.6. The second kappa shape index (κ2) is 3.65. The Hall–Kier alpha value is -2.69. The van der Waals surface area contributed by atoms with Crippen molar-refractivity contribution >= 4 is 28.9 Å². The second-order valence-electron chi connectivity index (χ2n) is 4.31. The van der Waals surface area contributed by atoms with Crippen molar-refractivity contribution in [2.45, 2.75) is 6.42 Å². The third-order valence-corrected chi connectivity index (χ3v) is 3.20. The Morgan fingerprint density at radius 2 is 1.16 bits per heavy atom. The molecule has 0 aliphatic heterocycles. The van der Waals surface area contributed by atoms with Crippen LogP contribution in [0.2, 0.25) is 0 Å². The predicted octanol–water partition coefficient (Wildman–Crippen LogP) is 0.473. The van der Waals surface area contributed by atoms with Crippen molar-refractivity contribution in [3.63, 3.8) is 0 Å². The number of carbonyl (C=O) groups is 5. The second-order valence-corrected chi connectivity index (χ2v) is 4.31. The average Bonchev–Trinajstić information content (AvgIpc) is 2.40. The Morgan fingerprint density at radius 3 is 1.74 bits per heavy atom. The number of hydrogen-bond donors (Lipinski definition) is 0. The standard InChI is InChI=1S/C14H6O5/c15-8-5-9(16)14(19)11-10(8)12(17)6-3-1-2-4-7(6)13(11)18/h1-4H,5H2. The fourth-order valence-corrected chi connectivity index (χ4v) is 2.31. The fraction of sp³-hybridized carbons (Fsp3) is 0.0714. The first-order valence-corrected chi connectivity index (χ1v) is 5.56. The summed E-state index contributed by atoms with van der Waals surface area (Å²) in [6.07, 6.45) is -0.640. The van der Waals surface area contributed by atoms with Crippen LogP contribution in [-0.2, 0) is 14.4 Å². The summed E-state index contributed by atoms with van der Waals surface area (Å²) < 4.78 is 0. The van der Waals surface area contributed by atoms with Gasteiger partial charge >= 0.3 is 0 Å². The van der Waals surface area contributed by atoms with E-state index in [4.69, 9.17) is 0 Å². The van der Waals surface area contributed by atoms with Crippen molar-refractivity contribution in [2.24, 2.45) is 0 Å². The summed E-state index contributed by atoms with van der Waals surface area (Å²) in [6.45, 7) is 0. The summed E-state index contributed by atoms with van der Waals surface area (Å²) >= 11 is 0. The third-order valence-electron chi connectivity index (χ3n) is 3.20. The molecular weight excluding hydrogens is 248 g/mol. The van der Waals surface area contributed by atoms with Gasteiger partial charge in [0.2, 0.25) is 11.6 Å². The molecule has 0 atom stereocenters. The van der Waals surface area contributed by atoms with Gasteiger partial charge in [0, 0.05) is 11.1 Å². The molecule has 0 unspecified atom stereocenters. The monoisotopic (exact) mass is 254 g/mol. The maximum Gasteiger partial charge on any atom is 0.233 e. The Morgan fingerprint density at radius 1 is 0.632 bits per heavy atom. The van der Waals surface area contributed by atoms with Gasteiger partial charge in [-0.25, -0.2) is 0 Å². The smallest absolute Gasteiger partial charge is 0.233 e. The van der Waals surface area contributed by atoms with Gasteiger partial charge in [0.25, 0.3) is 0 Å². The van der Waals surface area contributed by atoms with Gasteiger partial charge in [-0.05, 0) is 0 Å². The molecule has 1 aromatic carbocycles. The van der Waals surface area contributed by atoms with Gasteiger partial charge in [0.1, 0.15) is 0 Å². The SMILES string of the molecule is O=C1CC(=O)C2=C(C1=O)C(=O)c1ccccc1C2=O. The fourth-order valence-electron chi connectivity index (χ4n) is 2.31. The van der Waals surface area contributed by atoms with Crippen LogP contribution in [0.1, 0.15) is 27.1 Å². The zero-order valence-corrected chi connectivity index (χ0v) is 9.56. The molecule has 0 spiro atoms. The molecule has 0 radical (unpaired) electrons. The lowest BCUT2D eigenvalue weighted by molar-refractivity contribution is -0.137. The first kappa shape index (κ1) is 11.4. The number of ketones is 5. The maximum absolute atomic E-state index is 12.2. The number of hydrogen-bond acceptors (Lipinski definition) is 5. The van der Waals surface area contributed by atoms with Crippen LogP contribution in [0.4, 0.5) is 0 Å². The van der Waals surface area contributed by atoms with Crippen LogP contribution in [0.25, 0.3) is 0 Å². The molecular formula is C14H6O5. The first-order valence-electron chi connectivity index (χ1n) is 5.56. The Labute approximate surface area is 106 Å². The molecule has 2 aliphatic carbocycles. The molecule has 0 aromatic heterocycles. The van der Waals surface area contributed by atoms with Crippen molar-refractivity contribution in [3.8, 4) is 0 Å². The van der Waals surface area contributed by atoms with E-state index in [2.05, 4.69) is 0 Å². The van der Waals surface area contributed by atoms with Crippen molar-refractivity contribution < 1.29 is 24.0 Å². The van der Waals surface area contributed by atoms with Gasteiger partial charge in [0.05, 0.1) is 17.6 Å². The van der Waals surface area contributed by atoms with Crippen molar-refractivity contribution in [1.29, 1.82) is 0 Å². The molecule has 0 fully saturated rings. The molecule has 2 aliphatic rings. The Balaban J connectivity index is 2.34. The molecule has 0 amide bonds. The molecule has 5 nitrogen and oxygen atoms in total. The molecule has 0 N–H and O–H groups in total. The quantitative estimate of drug-likeness (QED) is 0.381. The van der Waals surface area contributed by atoms with E-state index in [0.717, 1.165) is 0 Å². The van der Waals surface area contributed by atoms with Gasteiger partial charge in [-0.3, -0.25) is 24.0 Å². The number of carbonyl (C=O) groups excluding carboxylic acids is 5. The van der Waals surface area contributed by atoms with Crippen LogP contribution in [0, 0.1) is 0 Å². The first-order chi connectivity index (χ1) is 9.02. The van der Waals surface area contributed by atoms with E-state index in [1.54, 1.807) is 12.1 Å². The maximum atomic E-state index is 12.2. The van der Waals surface area contributed by atoms with Gasteiger partial charge in [-0.15, -0.1) is 0 Å². The predicted molar refractivity (Wildman–Crippen MR) is 61.8 cm³/mol. The molecule has 92 valence electrons. The third kappa shape index (κ3) is 1.38. The molecule has 19 heavy (non-hydrogen) atoms. The van der Waals surface area contributed by atoms with Crippen LogP contribution >= 0.6 is 0 Å². The largest absolute Gasteiger partial charge is 0.293 e. The van der Waals surface area contributed by atoms with Crippen LogP contribution in [-0.4, -0.2) is 28.9 Å². The number of benzene rings is 1. The lowest BCUT2D eigenvalue weighted by atomic mass is 9.76. The van der Waals surface area contributed by atoms with Crippen molar-refractivity contribution in [2.75, 3.05) is 0 Å². The summed E-state index contributed by atoms with van der Waals surface area (Å²) in [5.41, 5.74) is -0.845. The van der Waals surface area contributed by atoms with E-state index in [0.29, 0.717) is 0 Å². The lowest BCUT2D eigenvalue weighted by Gasteiger charge is -2.21. The molecule has 0 saturated carbocycles. The number of fused-ring (bicyclic) bond motifs is 1. The van der Waals surface area contributed by atoms with Crippen LogP contribution in [0.15, 0.2) is 35.4 Å². The van der Waals surface area contributed by atoms with Crippen molar-refractivity contribution in [1.82, 2.24) is 0 Å². The minimum Gasteiger partial charge on any atom is -0.293 e. The molecule has 3 rings (SSSR count). The number of allylic oxidation sites excluding steroid dienone is 2. The highest BCUT2D eigenvalue weighted by Crippen LogP contribution is 2.30. The molecule has 1 aromatic rings. The minimum absolute atomic E-state index is 0.0575. The summed E-state index contributed by atoms with van der Waals surface area (Å²) in [5, 5.41) is 0. The average molecular weight is 254 g/mol. The highest BCUT2D eigenvalue weighted by molar-refractivity contribution is 6.61. The zero-order valence-electron chi connectivity index (χ0n) is 9.56. The number of rotatable bonds is 0. The van der Waals surface area contributed by atoms with Crippen LogP contribution in [0.5, 0.6) is 0 Å². The van der Waals surface area contributed by atoms with E-state index >= 15 is 0 Å². The van der Waals surface area contributed by atoms with Crippen molar-refractivity contribution in [3.05, 3.63) is 46.5 Å². The molecule has 5 heteroatoms. The van der Waals surface area contributed by atoms with Crippen LogP contribution in [0.3, 0.4) is 0 Å². The van der Waals surface area contributed by atoms with E-state index in [1.807, 2.05) is 0 Å². The molecule has 0 bridgehead atoms. The molecule has 0 saturated heterocycles. The number of Topliss-reactive ketones (excluding diaryl/α,β-unsaturated/α-hetero) is 5. The zero-order chi connectivity index (χ0) is 13.7. The van der Waals surface area contributed by atoms with E-state index in [-0.39, 0.29) is 11.1 Å². The highest BCUT2D eigenvalue weighted by atomic mass is 16.2. The lowest BCUT2D eigenvalue weighted by Crippen LogP contribution is -2.38. The van der Waals surface area contributed by atoms with Gasteiger partial charge < -0.3 is 0 Å². The van der Waals surface area contributed by atoms with Gasteiger partial charge in [-0.2, -0.15) is 0 Å². The summed E-state index contributed by atoms with van der Waals surface area (Å²) in [4.78, 5) is 59.2. The molecule has 0 heterocycles. The topological polar surface area (TPSA) is 85.3 Å². The minimum atomic E-state index is -1.04. The Bertz CT molecular complexity index is 736. The highest BCUT2D eigenvalue weighted by Gasteiger charge is 2.44. The van der Waals surface area contributed by atoms with Crippen LogP contribution < -0.4 is 0 Å². The van der Waals surface area contributed by atoms with E-state index in [9.17, 15) is 24.0 Å². The van der Waals surface area contributed by atoms with E-state index < -0.39 is 46.5 Å². The van der Waals surface area contributed by atoms with E-state index in [1.165, 1.54) is 12.1 Å². The Kier molecular flexibility index (Phi) is 2.19. The van der Waals surface area contributed by atoms with Gasteiger partial charge in [0.15, 0.2) is 17.3 Å². The summed E-state index contributed by atoms with van der Waals surface area (Å²) in [7, 11) is 0. The summed E-state index contributed by atoms with van der Waals surface area (Å²) in [6, 6.07) is 5.94. The van der Waals surface area contributed by atoms with Gasteiger partial charge in [-0.1, -0.05) is 24.3 Å².